The van der Waals surface area contributed by atoms with Crippen molar-refractivity contribution in [2.75, 3.05) is 26.9 Å². The van der Waals surface area contributed by atoms with E-state index >= 15 is 0 Å². The molecule has 0 amide bonds. The molecular formula is C16H24O5. The Bertz CT molecular complexity index is 396. The van der Waals surface area contributed by atoms with Crippen LogP contribution in [0.3, 0.4) is 0 Å². The van der Waals surface area contributed by atoms with Crippen molar-refractivity contribution in [3.8, 4) is 11.8 Å². The topological polar surface area (TPSA) is 61.8 Å². The molecule has 0 aliphatic heterocycles. The van der Waals surface area contributed by atoms with Crippen molar-refractivity contribution >= 4 is 11.9 Å². The van der Waals surface area contributed by atoms with Gasteiger partial charge in [-0.25, -0.2) is 0 Å². The van der Waals surface area contributed by atoms with E-state index < -0.39 is 17.4 Å². The third-order valence-electron chi connectivity index (χ3n) is 2.80. The zero-order chi connectivity index (χ0) is 16.1. The number of rotatable bonds is 9. The van der Waals surface area contributed by atoms with Crippen LogP contribution in [0.1, 0.15) is 33.6 Å². The van der Waals surface area contributed by atoms with Crippen molar-refractivity contribution < 1.29 is 23.8 Å². The Morgan fingerprint density at radius 2 is 1.67 bits per heavy atom. The first kappa shape index (κ1) is 19.2. The van der Waals surface area contributed by atoms with Crippen LogP contribution in [0.4, 0.5) is 0 Å². The van der Waals surface area contributed by atoms with Crippen LogP contribution in [-0.4, -0.2) is 38.9 Å². The standard InChI is InChI=1S/C16H24O5/c1-5-8-11-16(14(17)20-6-2,15(18)21-7-3)12-9-10-13-19-4/h9-10H,6-7,11-13H2,1-4H3/b10-9-. The first-order valence-electron chi connectivity index (χ1n) is 6.97. The summed E-state index contributed by atoms with van der Waals surface area (Å²) in [4.78, 5) is 24.6. The Morgan fingerprint density at radius 3 is 2.10 bits per heavy atom. The molecule has 0 saturated heterocycles. The molecule has 5 heteroatoms. The smallest absolute Gasteiger partial charge is 0.324 e. The molecule has 0 atom stereocenters. The fourth-order valence-electron chi connectivity index (χ4n) is 1.69. The summed E-state index contributed by atoms with van der Waals surface area (Å²) >= 11 is 0. The van der Waals surface area contributed by atoms with E-state index in [4.69, 9.17) is 14.2 Å². The molecule has 0 unspecified atom stereocenters. The summed E-state index contributed by atoms with van der Waals surface area (Å²) < 4.78 is 15.0. The predicted molar refractivity (Wildman–Crippen MR) is 79.4 cm³/mol. The molecule has 0 radical (unpaired) electrons. The van der Waals surface area contributed by atoms with Gasteiger partial charge in [-0.15, -0.1) is 11.8 Å². The van der Waals surface area contributed by atoms with Gasteiger partial charge in [-0.2, -0.15) is 0 Å². The van der Waals surface area contributed by atoms with Gasteiger partial charge >= 0.3 is 11.9 Å². The second kappa shape index (κ2) is 10.9. The number of methoxy groups -OCH3 is 1. The Balaban J connectivity index is 5.41. The molecule has 0 saturated carbocycles. The second-order valence-electron chi connectivity index (χ2n) is 4.26. The molecule has 21 heavy (non-hydrogen) atoms. The Hall–Kier alpha value is -1.80. The highest BCUT2D eigenvalue weighted by Gasteiger charge is 2.47. The van der Waals surface area contributed by atoms with E-state index in [0.717, 1.165) is 0 Å². The van der Waals surface area contributed by atoms with Crippen LogP contribution in [0.2, 0.25) is 0 Å². The highest BCUT2D eigenvalue weighted by Crippen LogP contribution is 2.31. The fraction of sp³-hybridized carbons (Fsp3) is 0.625. The van der Waals surface area contributed by atoms with E-state index in [2.05, 4.69) is 11.8 Å². The quantitative estimate of drug-likeness (QED) is 0.282. The summed E-state index contributed by atoms with van der Waals surface area (Å²) in [7, 11) is 1.57. The average Bonchev–Trinajstić information content (AvgIpc) is 2.47. The maximum atomic E-state index is 12.3. The van der Waals surface area contributed by atoms with Crippen molar-refractivity contribution in [1.82, 2.24) is 0 Å². The Labute approximate surface area is 126 Å². The van der Waals surface area contributed by atoms with Gasteiger partial charge in [0.25, 0.3) is 0 Å². The minimum atomic E-state index is -1.42. The molecule has 0 bridgehead atoms. The molecule has 0 spiro atoms. The summed E-state index contributed by atoms with van der Waals surface area (Å²) in [5, 5.41) is 0. The summed E-state index contributed by atoms with van der Waals surface area (Å²) in [6.07, 6.45) is 3.70. The molecule has 0 fully saturated rings. The molecular weight excluding hydrogens is 272 g/mol. The van der Waals surface area contributed by atoms with Crippen LogP contribution >= 0.6 is 0 Å². The van der Waals surface area contributed by atoms with Crippen molar-refractivity contribution in [2.24, 2.45) is 5.41 Å². The van der Waals surface area contributed by atoms with Crippen molar-refractivity contribution in [2.45, 2.75) is 33.6 Å². The third kappa shape index (κ3) is 6.01. The highest BCUT2D eigenvalue weighted by atomic mass is 16.6. The van der Waals surface area contributed by atoms with E-state index in [1.54, 1.807) is 40.0 Å². The molecule has 5 nitrogen and oxygen atoms in total. The first-order chi connectivity index (χ1) is 10.1. The van der Waals surface area contributed by atoms with Gasteiger partial charge in [0, 0.05) is 13.5 Å². The van der Waals surface area contributed by atoms with Crippen molar-refractivity contribution in [3.05, 3.63) is 12.2 Å². The highest BCUT2D eigenvalue weighted by molar-refractivity contribution is 6.00. The van der Waals surface area contributed by atoms with Crippen LogP contribution in [0.15, 0.2) is 12.2 Å². The van der Waals surface area contributed by atoms with Crippen LogP contribution in [0.25, 0.3) is 0 Å². The number of esters is 2. The maximum Gasteiger partial charge on any atom is 0.324 e. The summed E-state index contributed by atoms with van der Waals surface area (Å²) in [6.45, 7) is 5.84. The van der Waals surface area contributed by atoms with Gasteiger partial charge in [-0.05, 0) is 27.2 Å². The van der Waals surface area contributed by atoms with Gasteiger partial charge in [0.2, 0.25) is 0 Å². The van der Waals surface area contributed by atoms with Crippen LogP contribution < -0.4 is 0 Å². The van der Waals surface area contributed by atoms with E-state index in [1.807, 2.05) is 0 Å². The molecule has 0 aromatic heterocycles. The van der Waals surface area contributed by atoms with Crippen molar-refractivity contribution in [3.63, 3.8) is 0 Å². The average molecular weight is 296 g/mol. The lowest BCUT2D eigenvalue weighted by molar-refractivity contribution is -0.171. The van der Waals surface area contributed by atoms with E-state index in [9.17, 15) is 9.59 Å². The number of hydrogen-bond donors (Lipinski definition) is 0. The molecule has 0 aromatic rings. The van der Waals surface area contributed by atoms with Gasteiger partial charge in [0.05, 0.1) is 19.8 Å². The molecule has 0 aliphatic rings. The van der Waals surface area contributed by atoms with E-state index in [1.165, 1.54) is 0 Å². The predicted octanol–water partition coefficient (Wildman–Crippen LogP) is 2.11. The van der Waals surface area contributed by atoms with Crippen LogP contribution in [0.5, 0.6) is 0 Å². The van der Waals surface area contributed by atoms with Crippen LogP contribution in [0, 0.1) is 17.3 Å². The largest absolute Gasteiger partial charge is 0.465 e. The molecule has 0 rings (SSSR count). The summed E-state index contributed by atoms with van der Waals surface area (Å²) in [5.41, 5.74) is -1.42. The third-order valence-corrected chi connectivity index (χ3v) is 2.80. The maximum absolute atomic E-state index is 12.3. The lowest BCUT2D eigenvalue weighted by Crippen LogP contribution is -2.41. The number of ether oxygens (including phenoxy) is 3. The second-order valence-corrected chi connectivity index (χ2v) is 4.26. The lowest BCUT2D eigenvalue weighted by atomic mass is 9.81. The number of carbonyl (C=O) groups excluding carboxylic acids is 2. The molecule has 0 aromatic carbocycles. The van der Waals surface area contributed by atoms with Gasteiger partial charge < -0.3 is 14.2 Å². The summed E-state index contributed by atoms with van der Waals surface area (Å²) in [6, 6.07) is 0. The monoisotopic (exact) mass is 296 g/mol. The fourth-order valence-corrected chi connectivity index (χ4v) is 1.69. The minimum Gasteiger partial charge on any atom is -0.465 e. The number of allylic oxidation sites excluding steroid dienone is 1. The van der Waals surface area contributed by atoms with Gasteiger partial charge in [-0.3, -0.25) is 9.59 Å². The lowest BCUT2D eigenvalue weighted by Gasteiger charge is -2.26. The van der Waals surface area contributed by atoms with Gasteiger partial charge in [0.15, 0.2) is 5.41 Å². The van der Waals surface area contributed by atoms with E-state index in [0.29, 0.717) is 6.61 Å². The first-order valence-corrected chi connectivity index (χ1v) is 6.97. The Morgan fingerprint density at radius 1 is 1.10 bits per heavy atom. The molecule has 118 valence electrons. The zero-order valence-corrected chi connectivity index (χ0v) is 13.2. The molecule has 0 heterocycles. The normalized spacial score (nSPS) is 10.9. The SMILES string of the molecule is CC#CCC(C/C=C\COC)(C(=O)OCC)C(=O)OCC. The van der Waals surface area contributed by atoms with Crippen LogP contribution in [-0.2, 0) is 23.8 Å². The zero-order valence-electron chi connectivity index (χ0n) is 13.2. The molecule has 0 aliphatic carbocycles. The summed E-state index contributed by atoms with van der Waals surface area (Å²) in [5.74, 6) is 4.29. The van der Waals surface area contributed by atoms with Gasteiger partial charge in [-0.1, -0.05) is 12.2 Å². The number of hydrogen-bond acceptors (Lipinski definition) is 5. The Kier molecular flexibility index (Phi) is 9.99. The van der Waals surface area contributed by atoms with Crippen molar-refractivity contribution in [1.29, 1.82) is 0 Å². The van der Waals surface area contributed by atoms with Gasteiger partial charge in [0.1, 0.15) is 0 Å². The molecule has 0 N–H and O–H groups in total. The number of carbonyl (C=O) groups is 2. The van der Waals surface area contributed by atoms with E-state index in [-0.39, 0.29) is 26.1 Å². The minimum absolute atomic E-state index is 0.0679.